The normalized spacial score (nSPS) is 18.7. The van der Waals surface area contributed by atoms with E-state index >= 15 is 0 Å². The molecule has 0 aliphatic carbocycles. The lowest BCUT2D eigenvalue weighted by Crippen LogP contribution is -2.43. The van der Waals surface area contributed by atoms with Gasteiger partial charge in [0.05, 0.1) is 11.5 Å². The van der Waals surface area contributed by atoms with Gasteiger partial charge in [0.15, 0.2) is 9.84 Å². The van der Waals surface area contributed by atoms with Crippen molar-refractivity contribution in [2.45, 2.75) is 19.0 Å². The Morgan fingerprint density at radius 2 is 1.80 bits per heavy atom. The monoisotopic (exact) mass is 378 g/mol. The van der Waals surface area contributed by atoms with Crippen molar-refractivity contribution >= 4 is 33.2 Å². The number of nitrogens with zero attached hydrogens (tertiary/aromatic N) is 1. The predicted molar refractivity (Wildman–Crippen MR) is 99.5 cm³/mol. The number of rotatable bonds is 4. The topological polar surface area (TPSA) is 66.5 Å². The highest BCUT2D eigenvalue weighted by atomic mass is 35.5. The molecule has 3 rings (SSSR count). The van der Waals surface area contributed by atoms with E-state index in [1.807, 2.05) is 36.4 Å². The molecule has 1 fully saturated rings. The molecule has 1 N–H and O–H groups in total. The molecule has 1 heterocycles. The second-order valence-corrected chi connectivity index (χ2v) is 8.71. The second kappa shape index (κ2) is 7.45. The molecular formula is C18H19ClN2O3S. The first-order valence-corrected chi connectivity index (χ1v) is 10.2. The second-order valence-electron chi connectivity index (χ2n) is 6.07. The SMILES string of the molecule is O=C(Nc1ccccc1)N(Cc1ccccc1Cl)[C@@H]1CCS(=O)(=O)C1. The molecule has 0 bridgehead atoms. The highest BCUT2D eigenvalue weighted by molar-refractivity contribution is 7.91. The van der Waals surface area contributed by atoms with Crippen molar-refractivity contribution in [3.8, 4) is 0 Å². The Kier molecular flexibility index (Phi) is 5.30. The van der Waals surface area contributed by atoms with Crippen LogP contribution < -0.4 is 5.32 Å². The fourth-order valence-corrected chi connectivity index (χ4v) is 4.84. The summed E-state index contributed by atoms with van der Waals surface area (Å²) in [6.45, 7) is 0.262. The molecule has 1 saturated heterocycles. The van der Waals surface area contributed by atoms with E-state index in [4.69, 9.17) is 11.6 Å². The fraction of sp³-hybridized carbons (Fsp3) is 0.278. The highest BCUT2D eigenvalue weighted by Gasteiger charge is 2.35. The summed E-state index contributed by atoms with van der Waals surface area (Å²) in [5, 5.41) is 3.39. The van der Waals surface area contributed by atoms with Crippen LogP contribution in [0.25, 0.3) is 0 Å². The number of carbonyl (C=O) groups excluding carboxylic acids is 1. The van der Waals surface area contributed by atoms with Crippen molar-refractivity contribution in [3.63, 3.8) is 0 Å². The number of hydrogen-bond donors (Lipinski definition) is 1. The Hall–Kier alpha value is -2.05. The van der Waals surface area contributed by atoms with Gasteiger partial charge < -0.3 is 10.2 Å². The zero-order valence-electron chi connectivity index (χ0n) is 13.6. The first kappa shape index (κ1) is 17.8. The molecule has 1 aliphatic heterocycles. The van der Waals surface area contributed by atoms with Gasteiger partial charge in [-0.1, -0.05) is 48.0 Å². The number of sulfone groups is 1. The molecule has 0 saturated carbocycles. The standard InChI is InChI=1S/C18H19ClN2O3S/c19-17-9-5-4-6-14(17)12-21(16-10-11-25(23,24)13-16)18(22)20-15-7-2-1-3-8-15/h1-9,16H,10-13H2,(H,20,22)/t16-/m1/s1. The maximum absolute atomic E-state index is 12.8. The van der Waals surface area contributed by atoms with Crippen LogP contribution in [0.5, 0.6) is 0 Å². The quantitative estimate of drug-likeness (QED) is 0.884. The van der Waals surface area contributed by atoms with Crippen LogP contribution in [0.3, 0.4) is 0 Å². The van der Waals surface area contributed by atoms with Crippen molar-refractivity contribution in [2.75, 3.05) is 16.8 Å². The van der Waals surface area contributed by atoms with Crippen molar-refractivity contribution in [2.24, 2.45) is 0 Å². The number of benzene rings is 2. The lowest BCUT2D eigenvalue weighted by molar-refractivity contribution is 0.190. The molecule has 0 aromatic heterocycles. The molecule has 0 spiro atoms. The Morgan fingerprint density at radius 3 is 2.44 bits per heavy atom. The highest BCUT2D eigenvalue weighted by Crippen LogP contribution is 2.24. The summed E-state index contributed by atoms with van der Waals surface area (Å²) in [5.74, 6) is 0.0922. The lowest BCUT2D eigenvalue weighted by atomic mass is 10.1. The number of halogens is 1. The largest absolute Gasteiger partial charge is 0.322 e. The van der Waals surface area contributed by atoms with Gasteiger partial charge in [0.2, 0.25) is 0 Å². The Labute approximate surface area is 152 Å². The fourth-order valence-electron chi connectivity index (χ4n) is 2.91. The minimum atomic E-state index is -3.10. The Bertz CT molecular complexity index is 856. The lowest BCUT2D eigenvalue weighted by Gasteiger charge is -2.29. The third kappa shape index (κ3) is 4.52. The maximum Gasteiger partial charge on any atom is 0.322 e. The van der Waals surface area contributed by atoms with Gasteiger partial charge in [-0.05, 0) is 30.2 Å². The smallest absolute Gasteiger partial charge is 0.316 e. The van der Waals surface area contributed by atoms with Gasteiger partial charge in [-0.3, -0.25) is 0 Å². The summed E-state index contributed by atoms with van der Waals surface area (Å²) < 4.78 is 23.7. The van der Waals surface area contributed by atoms with Crippen molar-refractivity contribution in [1.29, 1.82) is 0 Å². The maximum atomic E-state index is 12.8. The molecule has 7 heteroatoms. The van der Waals surface area contributed by atoms with Crippen LogP contribution in [0.2, 0.25) is 5.02 Å². The van der Waals surface area contributed by atoms with Gasteiger partial charge in [0, 0.05) is 23.3 Å². The van der Waals surface area contributed by atoms with Crippen molar-refractivity contribution < 1.29 is 13.2 Å². The summed E-state index contributed by atoms with van der Waals surface area (Å²) in [4.78, 5) is 14.4. The average Bonchev–Trinajstić information content (AvgIpc) is 2.94. The zero-order chi connectivity index (χ0) is 17.9. The van der Waals surface area contributed by atoms with E-state index in [2.05, 4.69) is 5.32 Å². The van der Waals surface area contributed by atoms with Crippen LogP contribution in [0, 0.1) is 0 Å². The van der Waals surface area contributed by atoms with Crippen LogP contribution in [0.1, 0.15) is 12.0 Å². The van der Waals surface area contributed by atoms with Gasteiger partial charge in [0.1, 0.15) is 0 Å². The number of hydrogen-bond acceptors (Lipinski definition) is 3. The number of amides is 2. The van der Waals surface area contributed by atoms with E-state index in [0.29, 0.717) is 17.1 Å². The molecule has 0 radical (unpaired) electrons. The minimum Gasteiger partial charge on any atom is -0.316 e. The molecule has 1 atom stereocenters. The van der Waals surface area contributed by atoms with Crippen LogP contribution in [-0.2, 0) is 16.4 Å². The first-order valence-electron chi connectivity index (χ1n) is 8.01. The molecule has 25 heavy (non-hydrogen) atoms. The first-order chi connectivity index (χ1) is 11.9. The summed E-state index contributed by atoms with van der Waals surface area (Å²) in [6.07, 6.45) is 0.439. The van der Waals surface area contributed by atoms with Gasteiger partial charge in [0.25, 0.3) is 0 Å². The van der Waals surface area contributed by atoms with Crippen LogP contribution in [0.4, 0.5) is 10.5 Å². The molecule has 1 aliphatic rings. The van der Waals surface area contributed by atoms with Gasteiger partial charge in [-0.2, -0.15) is 0 Å². The van der Waals surface area contributed by atoms with Crippen LogP contribution >= 0.6 is 11.6 Å². The van der Waals surface area contributed by atoms with Crippen molar-refractivity contribution in [1.82, 2.24) is 4.90 Å². The summed E-state index contributed by atoms with van der Waals surface area (Å²) in [5.41, 5.74) is 1.45. The number of nitrogens with one attached hydrogen (secondary N) is 1. The van der Waals surface area contributed by atoms with E-state index in [9.17, 15) is 13.2 Å². The number of anilines is 1. The van der Waals surface area contributed by atoms with Crippen molar-refractivity contribution in [3.05, 3.63) is 65.2 Å². The minimum absolute atomic E-state index is 0.0142. The third-order valence-corrected chi connectivity index (χ3v) is 6.35. The number of carbonyl (C=O) groups is 1. The predicted octanol–water partition coefficient (Wildman–Crippen LogP) is 3.56. The van der Waals surface area contributed by atoms with E-state index < -0.39 is 9.84 Å². The van der Waals surface area contributed by atoms with Crippen LogP contribution in [0.15, 0.2) is 54.6 Å². The third-order valence-electron chi connectivity index (χ3n) is 4.23. The molecule has 0 unspecified atom stereocenters. The molecule has 2 aromatic rings. The summed E-state index contributed by atoms with van der Waals surface area (Å²) >= 11 is 6.22. The average molecular weight is 379 g/mol. The van der Waals surface area contributed by atoms with E-state index in [1.54, 1.807) is 23.1 Å². The molecule has 2 amide bonds. The molecule has 5 nitrogen and oxygen atoms in total. The number of urea groups is 1. The molecule has 2 aromatic carbocycles. The van der Waals surface area contributed by atoms with Gasteiger partial charge in [-0.15, -0.1) is 0 Å². The Morgan fingerprint density at radius 1 is 1.12 bits per heavy atom. The van der Waals surface area contributed by atoms with Crippen LogP contribution in [-0.4, -0.2) is 36.9 Å². The Balaban J connectivity index is 1.83. The number of para-hydroxylation sites is 1. The summed E-state index contributed by atoms with van der Waals surface area (Å²) in [6, 6.07) is 15.7. The van der Waals surface area contributed by atoms with Gasteiger partial charge in [-0.25, -0.2) is 13.2 Å². The van der Waals surface area contributed by atoms with E-state index in [-0.39, 0.29) is 30.1 Å². The molecule has 132 valence electrons. The van der Waals surface area contributed by atoms with E-state index in [1.165, 1.54) is 0 Å². The summed E-state index contributed by atoms with van der Waals surface area (Å²) in [7, 11) is -3.10. The zero-order valence-corrected chi connectivity index (χ0v) is 15.1. The van der Waals surface area contributed by atoms with E-state index in [0.717, 1.165) is 5.56 Å². The molecular weight excluding hydrogens is 360 g/mol. The van der Waals surface area contributed by atoms with Gasteiger partial charge >= 0.3 is 6.03 Å².